The van der Waals surface area contributed by atoms with Crippen molar-refractivity contribution in [3.63, 3.8) is 0 Å². The molecular formula is C13H19BrN2O2S. The van der Waals surface area contributed by atoms with Gasteiger partial charge in [-0.25, -0.2) is 13.4 Å². The van der Waals surface area contributed by atoms with Crippen molar-refractivity contribution in [2.45, 2.75) is 50.1 Å². The zero-order valence-corrected chi connectivity index (χ0v) is 13.5. The number of rotatable bonds is 3. The summed E-state index contributed by atoms with van der Waals surface area (Å²) in [5.41, 5.74) is 0. The molecule has 1 aliphatic heterocycles. The van der Waals surface area contributed by atoms with E-state index in [0.29, 0.717) is 4.47 Å². The standard InChI is InChI=1S/C13H19BrN2O2S/c1-10-6-5-7-11(2)16(10)15-19(17,18)13-9-4-3-8-12(13)14/h3-4,8-11,15H,5-7H2,1-2H3. The van der Waals surface area contributed by atoms with Crippen LogP contribution < -0.4 is 4.83 Å². The Hall–Kier alpha value is -0.430. The summed E-state index contributed by atoms with van der Waals surface area (Å²) >= 11 is 3.29. The molecule has 0 bridgehead atoms. The maximum absolute atomic E-state index is 12.4. The average molecular weight is 347 g/mol. The number of nitrogens with one attached hydrogen (secondary N) is 1. The summed E-state index contributed by atoms with van der Waals surface area (Å²) in [5.74, 6) is 0. The number of benzene rings is 1. The first-order valence-electron chi connectivity index (χ1n) is 6.47. The second-order valence-electron chi connectivity index (χ2n) is 5.06. The predicted octanol–water partition coefficient (Wildman–Crippen LogP) is 2.91. The van der Waals surface area contributed by atoms with Gasteiger partial charge in [-0.2, -0.15) is 0 Å². The minimum atomic E-state index is -3.53. The first-order valence-corrected chi connectivity index (χ1v) is 8.75. The lowest BCUT2D eigenvalue weighted by molar-refractivity contribution is 0.0790. The van der Waals surface area contributed by atoms with Crippen LogP contribution in [0.25, 0.3) is 0 Å². The second-order valence-corrected chi connectivity index (χ2v) is 7.54. The SMILES string of the molecule is CC1CCCC(C)N1NS(=O)(=O)c1ccccc1Br. The average Bonchev–Trinajstić information content (AvgIpc) is 2.34. The number of halogens is 1. The van der Waals surface area contributed by atoms with Crippen molar-refractivity contribution in [1.29, 1.82) is 0 Å². The zero-order valence-electron chi connectivity index (χ0n) is 11.1. The molecule has 0 radical (unpaired) electrons. The molecule has 0 amide bonds. The maximum Gasteiger partial charge on any atom is 0.254 e. The molecule has 4 nitrogen and oxygen atoms in total. The summed E-state index contributed by atoms with van der Waals surface area (Å²) in [7, 11) is -3.53. The third-order valence-corrected chi connectivity index (χ3v) is 5.89. The molecule has 1 aliphatic rings. The van der Waals surface area contributed by atoms with Gasteiger partial charge in [0.05, 0.1) is 4.90 Å². The highest BCUT2D eigenvalue weighted by Gasteiger charge is 2.29. The van der Waals surface area contributed by atoms with Crippen LogP contribution in [0.3, 0.4) is 0 Å². The van der Waals surface area contributed by atoms with Crippen LogP contribution in [0, 0.1) is 0 Å². The minimum absolute atomic E-state index is 0.223. The van der Waals surface area contributed by atoms with Crippen LogP contribution in [-0.2, 0) is 10.0 Å². The fraction of sp³-hybridized carbons (Fsp3) is 0.538. The highest BCUT2D eigenvalue weighted by atomic mass is 79.9. The highest BCUT2D eigenvalue weighted by Crippen LogP contribution is 2.25. The molecule has 0 aromatic heterocycles. The minimum Gasteiger partial charge on any atom is -0.225 e. The second kappa shape index (κ2) is 5.91. The topological polar surface area (TPSA) is 49.4 Å². The van der Waals surface area contributed by atoms with E-state index in [9.17, 15) is 8.42 Å². The molecule has 2 rings (SSSR count). The lowest BCUT2D eigenvalue weighted by Crippen LogP contribution is -2.53. The fourth-order valence-corrected chi connectivity index (χ4v) is 4.69. The number of hydrogen-bond acceptors (Lipinski definition) is 3. The molecule has 1 N–H and O–H groups in total. The molecule has 0 spiro atoms. The van der Waals surface area contributed by atoms with Gasteiger partial charge in [-0.3, -0.25) is 0 Å². The molecule has 6 heteroatoms. The van der Waals surface area contributed by atoms with Crippen molar-refractivity contribution in [3.05, 3.63) is 28.7 Å². The Morgan fingerprint density at radius 1 is 1.21 bits per heavy atom. The van der Waals surface area contributed by atoms with Crippen molar-refractivity contribution >= 4 is 26.0 Å². The first-order chi connectivity index (χ1) is 8.92. The number of nitrogens with zero attached hydrogens (tertiary/aromatic N) is 1. The Kier molecular flexibility index (Phi) is 4.66. The van der Waals surface area contributed by atoms with Crippen LogP contribution in [0.15, 0.2) is 33.6 Å². The monoisotopic (exact) mass is 346 g/mol. The summed E-state index contributed by atoms with van der Waals surface area (Å²) in [4.78, 5) is 3.01. The molecule has 1 heterocycles. The van der Waals surface area contributed by atoms with Gasteiger partial charge in [-0.05, 0) is 54.8 Å². The van der Waals surface area contributed by atoms with Gasteiger partial charge in [0.2, 0.25) is 0 Å². The van der Waals surface area contributed by atoms with Crippen molar-refractivity contribution in [2.75, 3.05) is 0 Å². The van der Waals surface area contributed by atoms with Gasteiger partial charge in [-0.15, -0.1) is 4.83 Å². The van der Waals surface area contributed by atoms with E-state index in [0.717, 1.165) is 19.3 Å². The molecule has 0 saturated carbocycles. The Morgan fingerprint density at radius 2 is 1.79 bits per heavy atom. The molecule has 1 fully saturated rings. The number of piperidine rings is 1. The Labute approximate surface area is 123 Å². The van der Waals surface area contributed by atoms with Gasteiger partial charge >= 0.3 is 0 Å². The van der Waals surface area contributed by atoms with Gasteiger partial charge in [0, 0.05) is 16.6 Å². The molecule has 1 aromatic rings. The Balaban J connectivity index is 2.24. The summed E-state index contributed by atoms with van der Waals surface area (Å²) in [6, 6.07) is 7.31. The maximum atomic E-state index is 12.4. The van der Waals surface area contributed by atoms with Crippen LogP contribution in [0.1, 0.15) is 33.1 Å². The fourth-order valence-electron chi connectivity index (χ4n) is 2.45. The number of hydrogen-bond donors (Lipinski definition) is 1. The third-order valence-electron chi connectivity index (χ3n) is 3.55. The van der Waals surface area contributed by atoms with E-state index < -0.39 is 10.0 Å². The van der Waals surface area contributed by atoms with E-state index in [-0.39, 0.29) is 17.0 Å². The van der Waals surface area contributed by atoms with E-state index in [1.807, 2.05) is 5.01 Å². The van der Waals surface area contributed by atoms with Crippen molar-refractivity contribution in [3.8, 4) is 0 Å². The first kappa shape index (κ1) is 15.0. The van der Waals surface area contributed by atoms with E-state index in [1.165, 1.54) is 0 Å². The molecule has 106 valence electrons. The van der Waals surface area contributed by atoms with Crippen LogP contribution in [-0.4, -0.2) is 25.5 Å². The summed E-state index contributed by atoms with van der Waals surface area (Å²) in [6.45, 7) is 4.11. The largest absolute Gasteiger partial charge is 0.254 e. The lowest BCUT2D eigenvalue weighted by Gasteiger charge is -2.38. The normalized spacial score (nSPS) is 25.4. The van der Waals surface area contributed by atoms with Gasteiger partial charge in [0.25, 0.3) is 10.0 Å². The Bertz CT molecular complexity index is 537. The number of sulfonamides is 1. The summed E-state index contributed by atoms with van der Waals surface area (Å²) in [5, 5.41) is 1.86. The quantitative estimate of drug-likeness (QED) is 0.915. The van der Waals surface area contributed by atoms with Crippen molar-refractivity contribution in [1.82, 2.24) is 9.84 Å². The summed E-state index contributed by atoms with van der Waals surface area (Å²) in [6.07, 6.45) is 3.18. The number of hydrazine groups is 1. The molecule has 2 unspecified atom stereocenters. The van der Waals surface area contributed by atoms with Crippen molar-refractivity contribution < 1.29 is 8.42 Å². The molecule has 0 aliphatic carbocycles. The smallest absolute Gasteiger partial charge is 0.225 e. The summed E-state index contributed by atoms with van der Waals surface area (Å²) < 4.78 is 25.4. The van der Waals surface area contributed by atoms with E-state index >= 15 is 0 Å². The van der Waals surface area contributed by atoms with Crippen LogP contribution in [0.5, 0.6) is 0 Å². The van der Waals surface area contributed by atoms with Gasteiger partial charge in [-0.1, -0.05) is 18.6 Å². The zero-order chi connectivity index (χ0) is 14.0. The molecule has 1 saturated heterocycles. The molecule has 2 atom stereocenters. The molecule has 1 aromatic carbocycles. The molecule has 19 heavy (non-hydrogen) atoms. The van der Waals surface area contributed by atoms with Crippen LogP contribution >= 0.6 is 15.9 Å². The third kappa shape index (κ3) is 3.37. The predicted molar refractivity (Wildman–Crippen MR) is 79.1 cm³/mol. The van der Waals surface area contributed by atoms with E-state index in [1.54, 1.807) is 24.3 Å². The molecular weight excluding hydrogens is 328 g/mol. The Morgan fingerprint density at radius 3 is 2.37 bits per heavy atom. The van der Waals surface area contributed by atoms with Gasteiger partial charge in [0.15, 0.2) is 0 Å². The van der Waals surface area contributed by atoms with E-state index in [4.69, 9.17) is 0 Å². The van der Waals surface area contributed by atoms with Crippen LogP contribution in [0.4, 0.5) is 0 Å². The van der Waals surface area contributed by atoms with Gasteiger partial charge in [0.1, 0.15) is 0 Å². The van der Waals surface area contributed by atoms with Crippen molar-refractivity contribution in [2.24, 2.45) is 0 Å². The van der Waals surface area contributed by atoms with Gasteiger partial charge < -0.3 is 0 Å². The lowest BCUT2D eigenvalue weighted by atomic mass is 10.0. The van der Waals surface area contributed by atoms with E-state index in [2.05, 4.69) is 34.6 Å². The highest BCUT2D eigenvalue weighted by molar-refractivity contribution is 9.10. The van der Waals surface area contributed by atoms with Crippen LogP contribution in [0.2, 0.25) is 0 Å².